The summed E-state index contributed by atoms with van der Waals surface area (Å²) < 4.78 is 31.2. The van der Waals surface area contributed by atoms with E-state index in [1.807, 2.05) is 36.4 Å². The Balaban J connectivity index is 1.16. The van der Waals surface area contributed by atoms with Crippen molar-refractivity contribution < 1.29 is 18.6 Å². The number of ether oxygens (including phenoxy) is 3. The fourth-order valence-electron chi connectivity index (χ4n) is 4.55. The predicted octanol–water partition coefficient (Wildman–Crippen LogP) is 5.19. The Morgan fingerprint density at radius 2 is 1.65 bits per heavy atom. The zero-order valence-corrected chi connectivity index (χ0v) is 19.6. The lowest BCUT2D eigenvalue weighted by Gasteiger charge is -2.35. The van der Waals surface area contributed by atoms with Crippen LogP contribution in [0.15, 0.2) is 66.7 Å². The third-order valence-corrected chi connectivity index (χ3v) is 6.54. The van der Waals surface area contributed by atoms with Crippen LogP contribution in [0.1, 0.15) is 29.2 Å². The summed E-state index contributed by atoms with van der Waals surface area (Å²) in [6.07, 6.45) is 0.615. The molecule has 0 aromatic heterocycles. The Hall–Kier alpha value is -3.09. The molecular formula is C28H31FN2O3. The largest absolute Gasteiger partial charge is 0.486 e. The van der Waals surface area contributed by atoms with E-state index in [1.54, 1.807) is 12.1 Å². The Kier molecular flexibility index (Phi) is 6.97. The Bertz CT molecular complexity index is 1100. The van der Waals surface area contributed by atoms with Crippen LogP contribution >= 0.6 is 0 Å². The highest BCUT2D eigenvalue weighted by Crippen LogP contribution is 2.33. The molecule has 0 N–H and O–H groups in total. The highest BCUT2D eigenvalue weighted by molar-refractivity contribution is 5.44. The Labute approximate surface area is 200 Å². The summed E-state index contributed by atoms with van der Waals surface area (Å²) in [7, 11) is 0. The summed E-state index contributed by atoms with van der Waals surface area (Å²) in [5.74, 6) is 2.25. The summed E-state index contributed by atoms with van der Waals surface area (Å²) in [4.78, 5) is 4.95. The van der Waals surface area contributed by atoms with Gasteiger partial charge in [-0.15, -0.1) is 0 Å². The highest BCUT2D eigenvalue weighted by atomic mass is 19.1. The van der Waals surface area contributed by atoms with Crippen LogP contribution in [0.25, 0.3) is 0 Å². The molecule has 0 aliphatic carbocycles. The zero-order chi connectivity index (χ0) is 23.3. The first-order valence-corrected chi connectivity index (χ1v) is 11.9. The molecule has 5 nitrogen and oxygen atoms in total. The SMILES string of the molecule is Cc1ccc(O[C@H](CCN2CCN(Cc3ccc4c(c3)OCO4)CC2)c2cccc(F)c2)cc1. The predicted molar refractivity (Wildman–Crippen MR) is 130 cm³/mol. The topological polar surface area (TPSA) is 34.2 Å². The minimum Gasteiger partial charge on any atom is -0.486 e. The Morgan fingerprint density at radius 1 is 0.882 bits per heavy atom. The van der Waals surface area contributed by atoms with Gasteiger partial charge in [-0.1, -0.05) is 35.9 Å². The highest BCUT2D eigenvalue weighted by Gasteiger charge is 2.21. The number of fused-ring (bicyclic) bond motifs is 1. The molecule has 0 unspecified atom stereocenters. The zero-order valence-electron chi connectivity index (χ0n) is 19.6. The number of hydrogen-bond donors (Lipinski definition) is 0. The van der Waals surface area contributed by atoms with Crippen molar-refractivity contribution in [1.29, 1.82) is 0 Å². The minimum absolute atomic E-state index is 0.190. The van der Waals surface area contributed by atoms with Crippen LogP contribution in [0.2, 0.25) is 0 Å². The number of benzene rings is 3. The van der Waals surface area contributed by atoms with Crippen molar-refractivity contribution in [2.75, 3.05) is 39.5 Å². The van der Waals surface area contributed by atoms with Gasteiger partial charge >= 0.3 is 0 Å². The molecule has 2 heterocycles. The number of halogens is 1. The number of aryl methyl sites for hydroxylation is 1. The molecular weight excluding hydrogens is 431 g/mol. The van der Waals surface area contributed by atoms with Crippen molar-refractivity contribution in [2.45, 2.75) is 26.0 Å². The maximum absolute atomic E-state index is 13.9. The van der Waals surface area contributed by atoms with E-state index in [4.69, 9.17) is 14.2 Å². The summed E-state index contributed by atoms with van der Waals surface area (Å²) in [5.41, 5.74) is 3.31. The first kappa shape index (κ1) is 22.7. The lowest BCUT2D eigenvalue weighted by molar-refractivity contribution is 0.106. The standard InChI is InChI=1S/C28H31FN2O3/c1-21-5-8-25(9-6-21)34-26(23-3-2-4-24(29)18-23)11-12-30-13-15-31(16-14-30)19-22-7-10-27-28(17-22)33-20-32-27/h2-10,17-18,26H,11-16,19-20H2,1H3/t26-/m1/s1. The first-order chi connectivity index (χ1) is 16.6. The molecule has 178 valence electrons. The summed E-state index contributed by atoms with van der Waals surface area (Å²) in [6, 6.07) is 21.0. The van der Waals surface area contributed by atoms with Crippen molar-refractivity contribution in [3.05, 3.63) is 89.2 Å². The molecule has 2 aliphatic rings. The van der Waals surface area contributed by atoms with Gasteiger partial charge in [0.25, 0.3) is 0 Å². The van der Waals surface area contributed by atoms with Crippen molar-refractivity contribution in [2.24, 2.45) is 0 Å². The molecule has 0 amide bonds. The van der Waals surface area contributed by atoms with Gasteiger partial charge in [0, 0.05) is 45.7 Å². The summed E-state index contributed by atoms with van der Waals surface area (Å²) in [5, 5.41) is 0. The second-order valence-corrected chi connectivity index (χ2v) is 9.07. The number of nitrogens with zero attached hydrogens (tertiary/aromatic N) is 2. The smallest absolute Gasteiger partial charge is 0.231 e. The third kappa shape index (κ3) is 5.69. The second kappa shape index (κ2) is 10.5. The Morgan fingerprint density at radius 3 is 2.44 bits per heavy atom. The maximum atomic E-state index is 13.9. The van der Waals surface area contributed by atoms with Gasteiger partial charge in [0.1, 0.15) is 17.7 Å². The summed E-state index contributed by atoms with van der Waals surface area (Å²) in [6.45, 7) is 8.21. The molecule has 1 atom stereocenters. The average Bonchev–Trinajstić information content (AvgIpc) is 3.32. The quantitative estimate of drug-likeness (QED) is 0.460. The molecule has 3 aromatic rings. The number of piperazine rings is 1. The van der Waals surface area contributed by atoms with Crippen LogP contribution < -0.4 is 14.2 Å². The second-order valence-electron chi connectivity index (χ2n) is 9.07. The number of rotatable bonds is 8. The van der Waals surface area contributed by atoms with Crippen LogP contribution in [0, 0.1) is 12.7 Å². The van der Waals surface area contributed by atoms with Gasteiger partial charge in [-0.05, 0) is 54.4 Å². The van der Waals surface area contributed by atoms with E-state index in [1.165, 1.54) is 17.2 Å². The van der Waals surface area contributed by atoms with Gasteiger partial charge < -0.3 is 19.1 Å². The van der Waals surface area contributed by atoms with E-state index in [9.17, 15) is 4.39 Å². The monoisotopic (exact) mass is 462 g/mol. The number of hydrogen-bond acceptors (Lipinski definition) is 5. The molecule has 2 aliphatic heterocycles. The molecule has 34 heavy (non-hydrogen) atoms. The molecule has 1 fully saturated rings. The molecule has 0 spiro atoms. The van der Waals surface area contributed by atoms with Crippen LogP contribution in [0.5, 0.6) is 17.2 Å². The maximum Gasteiger partial charge on any atom is 0.231 e. The van der Waals surface area contributed by atoms with Gasteiger partial charge in [-0.2, -0.15) is 0 Å². The molecule has 3 aromatic carbocycles. The summed E-state index contributed by atoms with van der Waals surface area (Å²) >= 11 is 0. The molecule has 0 radical (unpaired) electrons. The van der Waals surface area contributed by atoms with Gasteiger partial charge in [0.2, 0.25) is 6.79 Å². The van der Waals surface area contributed by atoms with Crippen LogP contribution in [-0.2, 0) is 6.54 Å². The van der Waals surface area contributed by atoms with Crippen LogP contribution in [0.3, 0.4) is 0 Å². The van der Waals surface area contributed by atoms with E-state index in [0.717, 1.165) is 68.5 Å². The van der Waals surface area contributed by atoms with E-state index < -0.39 is 0 Å². The van der Waals surface area contributed by atoms with E-state index in [0.29, 0.717) is 6.79 Å². The van der Waals surface area contributed by atoms with Gasteiger partial charge in [-0.25, -0.2) is 4.39 Å². The first-order valence-electron chi connectivity index (χ1n) is 11.9. The lowest BCUT2D eigenvalue weighted by atomic mass is 10.1. The van der Waals surface area contributed by atoms with Gasteiger partial charge in [0.15, 0.2) is 11.5 Å². The van der Waals surface area contributed by atoms with Crippen LogP contribution in [0.4, 0.5) is 4.39 Å². The molecule has 6 heteroatoms. The van der Waals surface area contributed by atoms with Gasteiger partial charge in [0.05, 0.1) is 0 Å². The molecule has 5 rings (SSSR count). The van der Waals surface area contributed by atoms with Crippen molar-refractivity contribution >= 4 is 0 Å². The van der Waals surface area contributed by atoms with Gasteiger partial charge in [-0.3, -0.25) is 4.90 Å². The van der Waals surface area contributed by atoms with E-state index in [-0.39, 0.29) is 11.9 Å². The van der Waals surface area contributed by atoms with Crippen molar-refractivity contribution in [3.63, 3.8) is 0 Å². The van der Waals surface area contributed by atoms with Crippen molar-refractivity contribution in [1.82, 2.24) is 9.80 Å². The minimum atomic E-state index is -0.230. The normalized spacial score (nSPS) is 17.0. The average molecular weight is 463 g/mol. The van der Waals surface area contributed by atoms with Crippen molar-refractivity contribution in [3.8, 4) is 17.2 Å². The molecule has 0 saturated carbocycles. The van der Waals surface area contributed by atoms with E-state index >= 15 is 0 Å². The fourth-order valence-corrected chi connectivity index (χ4v) is 4.55. The van der Waals surface area contributed by atoms with Crippen LogP contribution in [-0.4, -0.2) is 49.3 Å². The molecule has 0 bridgehead atoms. The fraction of sp³-hybridized carbons (Fsp3) is 0.357. The lowest BCUT2D eigenvalue weighted by Crippen LogP contribution is -2.46. The molecule has 1 saturated heterocycles. The third-order valence-electron chi connectivity index (χ3n) is 6.54. The van der Waals surface area contributed by atoms with E-state index in [2.05, 4.69) is 28.9 Å².